The van der Waals surface area contributed by atoms with Crippen LogP contribution in [-0.2, 0) is 4.57 Å². The maximum absolute atomic E-state index is 8.74. The van der Waals surface area contributed by atoms with Gasteiger partial charge in [0.05, 0.1) is 0 Å². The van der Waals surface area contributed by atoms with Gasteiger partial charge in [-0.1, -0.05) is 36.4 Å². The predicted octanol–water partition coefficient (Wildman–Crippen LogP) is 1.89. The Hall–Kier alpha value is -0.0500. The van der Waals surface area contributed by atoms with Gasteiger partial charge < -0.3 is 9.79 Å². The highest BCUT2D eigenvalue weighted by atomic mass is 35.5. The molecular weight excluding hydrogens is 222 g/mol. The zero-order chi connectivity index (χ0) is 7.82. The number of halogens is 2. The van der Waals surface area contributed by atoms with Gasteiger partial charge in [0.1, 0.15) is 0 Å². The zero-order valence-corrected chi connectivity index (χ0v) is 8.72. The summed E-state index contributed by atoms with van der Waals surface area (Å²) in [5.74, 6) is 0. The Morgan fingerprint density at radius 1 is 0.750 bits per heavy atom. The molecule has 0 bridgehead atoms. The van der Waals surface area contributed by atoms with E-state index >= 15 is 0 Å². The molecule has 0 aliphatic rings. The summed E-state index contributed by atoms with van der Waals surface area (Å²) in [5.41, 5.74) is 0. The van der Waals surface area contributed by atoms with Crippen LogP contribution in [0.1, 0.15) is 0 Å². The average molecular weight is 233 g/mol. The molecule has 0 aliphatic carbocycles. The Kier molecular flexibility index (Phi) is 20.2. The quantitative estimate of drug-likeness (QED) is 0.672. The van der Waals surface area contributed by atoms with Crippen molar-refractivity contribution >= 4 is 33.1 Å². The first kappa shape index (κ1) is 17.9. The molecule has 1 rings (SSSR count). The molecule has 6 heteroatoms. The molecule has 1 aromatic rings. The fourth-order valence-corrected chi connectivity index (χ4v) is 0.385. The summed E-state index contributed by atoms with van der Waals surface area (Å²) in [7, 11) is -3.13. The van der Waals surface area contributed by atoms with Gasteiger partial charge in [-0.15, -0.1) is 24.8 Å². The molecule has 0 atom stereocenters. The first-order valence-corrected chi connectivity index (χ1v) is 3.95. The Morgan fingerprint density at radius 2 is 0.833 bits per heavy atom. The van der Waals surface area contributed by atoms with Gasteiger partial charge in [-0.25, -0.2) is 0 Å². The van der Waals surface area contributed by atoms with E-state index in [2.05, 4.69) is 0 Å². The van der Waals surface area contributed by atoms with Crippen LogP contribution in [0.15, 0.2) is 36.4 Å². The van der Waals surface area contributed by atoms with Gasteiger partial charge >= 0.3 is 8.25 Å². The van der Waals surface area contributed by atoms with Crippen LogP contribution in [0.4, 0.5) is 0 Å². The van der Waals surface area contributed by atoms with Gasteiger partial charge in [0.15, 0.2) is 0 Å². The second kappa shape index (κ2) is 13.5. The fraction of sp³-hybridized carbons (Fsp3) is 0. The Bertz CT molecular complexity index is 153. The van der Waals surface area contributed by atoms with Crippen molar-refractivity contribution < 1.29 is 14.4 Å². The van der Waals surface area contributed by atoms with Crippen molar-refractivity contribution in [1.82, 2.24) is 0 Å². The maximum atomic E-state index is 8.74. The molecule has 2 N–H and O–H groups in total. The number of rotatable bonds is 0. The predicted molar refractivity (Wildman–Crippen MR) is 54.4 cm³/mol. The number of benzene rings is 1. The lowest BCUT2D eigenvalue weighted by Crippen LogP contribution is -1.47. The topological polar surface area (TPSA) is 57.5 Å². The van der Waals surface area contributed by atoms with Crippen molar-refractivity contribution in [2.24, 2.45) is 0 Å². The van der Waals surface area contributed by atoms with Gasteiger partial charge in [0, 0.05) is 0 Å². The summed E-state index contributed by atoms with van der Waals surface area (Å²) >= 11 is 0. The van der Waals surface area contributed by atoms with Gasteiger partial charge in [0.25, 0.3) is 0 Å². The van der Waals surface area contributed by atoms with E-state index in [0.717, 1.165) is 0 Å². The monoisotopic (exact) mass is 232 g/mol. The summed E-state index contributed by atoms with van der Waals surface area (Å²) in [6, 6.07) is 12.0. The molecule has 3 nitrogen and oxygen atoms in total. The summed E-state index contributed by atoms with van der Waals surface area (Å²) < 4.78 is 8.74. The summed E-state index contributed by atoms with van der Waals surface area (Å²) in [4.78, 5) is 14.3. The second-order valence-electron chi connectivity index (χ2n) is 1.44. The van der Waals surface area contributed by atoms with Crippen LogP contribution in [0, 0.1) is 0 Å². The molecule has 12 heavy (non-hydrogen) atoms. The largest absolute Gasteiger partial charge is 0.326 e. The molecule has 0 amide bonds. The summed E-state index contributed by atoms with van der Waals surface area (Å²) in [6.45, 7) is 0. The van der Waals surface area contributed by atoms with Crippen molar-refractivity contribution in [3.8, 4) is 0 Å². The zero-order valence-electron chi connectivity index (χ0n) is 6.08. The molecular formula is C6H11Cl2O3P. The van der Waals surface area contributed by atoms with E-state index in [9.17, 15) is 0 Å². The molecule has 0 saturated heterocycles. The Balaban J connectivity index is -0.000000124. The summed E-state index contributed by atoms with van der Waals surface area (Å²) in [5, 5.41) is 0. The van der Waals surface area contributed by atoms with Crippen LogP contribution < -0.4 is 0 Å². The molecule has 72 valence electrons. The van der Waals surface area contributed by atoms with E-state index in [4.69, 9.17) is 14.4 Å². The van der Waals surface area contributed by atoms with E-state index in [-0.39, 0.29) is 24.8 Å². The van der Waals surface area contributed by atoms with E-state index in [1.165, 1.54) is 0 Å². The first-order valence-electron chi connectivity index (χ1n) is 2.65. The van der Waals surface area contributed by atoms with Gasteiger partial charge in [-0.05, 0) is 0 Å². The van der Waals surface area contributed by atoms with Crippen LogP contribution in [0.2, 0.25) is 0 Å². The normalized spacial score (nSPS) is 6.92. The maximum Gasteiger partial charge on any atom is 0.314 e. The Morgan fingerprint density at radius 3 is 0.917 bits per heavy atom. The molecule has 0 aromatic heterocycles. The molecule has 0 fully saturated rings. The SMILES string of the molecule is Cl.Cl.O=[PH](O)O.c1ccccc1. The van der Waals surface area contributed by atoms with E-state index < -0.39 is 8.25 Å². The van der Waals surface area contributed by atoms with Crippen molar-refractivity contribution in [2.45, 2.75) is 0 Å². The lowest BCUT2D eigenvalue weighted by atomic mass is 10.4. The minimum absolute atomic E-state index is 0. The lowest BCUT2D eigenvalue weighted by Gasteiger charge is -1.69. The number of hydrogen-bond acceptors (Lipinski definition) is 1. The molecule has 1 aromatic carbocycles. The highest BCUT2D eigenvalue weighted by molar-refractivity contribution is 7.30. The van der Waals surface area contributed by atoms with Crippen LogP contribution in [0.5, 0.6) is 0 Å². The smallest absolute Gasteiger partial charge is 0.314 e. The summed E-state index contributed by atoms with van der Waals surface area (Å²) in [6.07, 6.45) is 0. The van der Waals surface area contributed by atoms with Crippen LogP contribution in [0.3, 0.4) is 0 Å². The third-order valence-electron chi connectivity index (χ3n) is 0.667. The van der Waals surface area contributed by atoms with Crippen molar-refractivity contribution in [3.05, 3.63) is 36.4 Å². The van der Waals surface area contributed by atoms with Crippen LogP contribution in [0.25, 0.3) is 0 Å². The number of hydrogen-bond donors (Lipinski definition) is 2. The first-order chi connectivity index (χ1) is 4.73. The van der Waals surface area contributed by atoms with E-state index in [0.29, 0.717) is 0 Å². The third-order valence-corrected chi connectivity index (χ3v) is 0.667. The van der Waals surface area contributed by atoms with Crippen molar-refractivity contribution in [1.29, 1.82) is 0 Å². The molecule has 0 heterocycles. The molecule has 0 radical (unpaired) electrons. The molecule has 0 saturated carbocycles. The van der Waals surface area contributed by atoms with Crippen LogP contribution in [-0.4, -0.2) is 9.79 Å². The minimum Gasteiger partial charge on any atom is -0.326 e. The average Bonchev–Trinajstić information content (AvgIpc) is 1.90. The van der Waals surface area contributed by atoms with Gasteiger partial charge in [-0.3, -0.25) is 4.57 Å². The van der Waals surface area contributed by atoms with Crippen LogP contribution >= 0.6 is 33.1 Å². The fourth-order valence-electron chi connectivity index (χ4n) is 0.385. The Labute approximate surface area is 84.2 Å². The molecule has 0 aliphatic heterocycles. The van der Waals surface area contributed by atoms with Gasteiger partial charge in [-0.2, -0.15) is 0 Å². The minimum atomic E-state index is -3.13. The highest BCUT2D eigenvalue weighted by Gasteiger charge is 1.61. The van der Waals surface area contributed by atoms with Crippen molar-refractivity contribution in [3.63, 3.8) is 0 Å². The molecule has 0 unspecified atom stereocenters. The highest BCUT2D eigenvalue weighted by Crippen LogP contribution is 1.98. The third kappa shape index (κ3) is 22.5. The van der Waals surface area contributed by atoms with E-state index in [1.807, 2.05) is 36.4 Å². The standard InChI is InChI=1S/C6H6.2ClH.H3O3P/c1-2-4-6-5-3-1;;;1-4(2)3/h1-6H;2*1H;4H,(H2,1,2,3). The second-order valence-corrected chi connectivity index (χ2v) is 2.00. The van der Waals surface area contributed by atoms with E-state index in [1.54, 1.807) is 0 Å². The lowest BCUT2D eigenvalue weighted by molar-refractivity contribution is 0.405. The van der Waals surface area contributed by atoms with Crippen molar-refractivity contribution in [2.75, 3.05) is 0 Å². The molecule has 0 spiro atoms. The van der Waals surface area contributed by atoms with Gasteiger partial charge in [0.2, 0.25) is 0 Å².